The van der Waals surface area contributed by atoms with Crippen molar-refractivity contribution in [2.24, 2.45) is 0 Å². The fourth-order valence-corrected chi connectivity index (χ4v) is 9.64. The zero-order valence-electron chi connectivity index (χ0n) is 39.1. The number of Topliss-reactive ketones (excluding diaryl/α,β-unsaturated/α-hetero) is 2. The summed E-state index contributed by atoms with van der Waals surface area (Å²) in [6.07, 6.45) is 9.16. The summed E-state index contributed by atoms with van der Waals surface area (Å²) in [4.78, 5) is 72.0. The summed E-state index contributed by atoms with van der Waals surface area (Å²) in [5.41, 5.74) is 25.3. The molecule has 3 amide bonds. The molecule has 362 valence electrons. The van der Waals surface area contributed by atoms with Crippen molar-refractivity contribution in [1.82, 2.24) is 19.8 Å². The van der Waals surface area contributed by atoms with Crippen LogP contribution < -0.4 is 33.2 Å². The van der Waals surface area contributed by atoms with Gasteiger partial charge in [0, 0.05) is 70.2 Å². The van der Waals surface area contributed by atoms with Crippen molar-refractivity contribution < 1.29 is 28.8 Å². The van der Waals surface area contributed by atoms with E-state index in [0.29, 0.717) is 58.4 Å². The lowest BCUT2D eigenvalue weighted by Crippen LogP contribution is -2.55. The third kappa shape index (κ3) is 10.2. The van der Waals surface area contributed by atoms with Crippen molar-refractivity contribution in [3.8, 4) is 0 Å². The summed E-state index contributed by atoms with van der Waals surface area (Å²) in [5.74, 6) is -0.415. The molecule has 11 rings (SSSR count). The van der Waals surface area contributed by atoms with Crippen LogP contribution in [-0.2, 0) is 33.5 Å². The minimum Gasteiger partial charge on any atom is -0.398 e. The van der Waals surface area contributed by atoms with Gasteiger partial charge in [0.05, 0.1) is 22.5 Å². The normalized spacial score (nSPS) is 15.2. The molecule has 7 aromatic rings. The molecule has 5 aromatic carbocycles. The Morgan fingerprint density at radius 2 is 1.01 bits per heavy atom. The third-order valence-electron chi connectivity index (χ3n) is 13.8. The number of benzene rings is 5. The van der Waals surface area contributed by atoms with Crippen LogP contribution in [-0.4, -0.2) is 56.8 Å². The highest BCUT2D eigenvalue weighted by atomic mass is 35.5. The van der Waals surface area contributed by atoms with Crippen LogP contribution in [0.1, 0.15) is 91.3 Å². The van der Waals surface area contributed by atoms with Gasteiger partial charge in [-0.2, -0.15) is 0 Å². The monoisotopic (exact) mass is 970 g/mol. The van der Waals surface area contributed by atoms with E-state index >= 15 is 0 Å². The standard InChI is InChI=1S/C25H23N3O3.C22H21N3O2.C6H8N2.C3H3ClO/c1-2-23(30)27-19-7-4-3-6-16(19)14-22(29)18-9-8-17-12-21-24(31)26-15-25(10-5-11-25)28(21)20(17)13-18;23-17-5-2-1-4-14(17)12-20(26)16-7-6-15-10-19-21(27)24-13-22(8-3-9-22)25(19)18(15)11-16;7-5-3-1-2-4-6(5)8;1-2-3(4)5/h2-4,6-9,12-13H,1,5,10-11,14-15H2,(H,26,31)(H,27,30);1-2,4-7,10-11H,3,8-9,12-13,23H2,(H,24,27);1-4H,7-8H2;2H,1H2. The van der Waals surface area contributed by atoms with E-state index in [1.165, 1.54) is 12.5 Å². The van der Waals surface area contributed by atoms with Gasteiger partial charge in [-0.05, 0) is 122 Å². The van der Waals surface area contributed by atoms with Gasteiger partial charge in [0.2, 0.25) is 11.1 Å². The van der Waals surface area contributed by atoms with Crippen molar-refractivity contribution in [2.75, 3.05) is 35.6 Å². The van der Waals surface area contributed by atoms with Crippen LogP contribution in [0.5, 0.6) is 0 Å². The van der Waals surface area contributed by atoms with Gasteiger partial charge in [-0.1, -0.05) is 86.0 Å². The molecule has 4 aliphatic rings. The molecule has 2 spiro atoms. The number of nitrogens with one attached hydrogen (secondary N) is 3. The quantitative estimate of drug-likeness (QED) is 0.0351. The first kappa shape index (κ1) is 49.2. The zero-order chi connectivity index (χ0) is 50.5. The highest BCUT2D eigenvalue weighted by molar-refractivity contribution is 6.66. The van der Waals surface area contributed by atoms with Gasteiger partial charge >= 0.3 is 0 Å². The molecule has 2 aliphatic carbocycles. The smallest absolute Gasteiger partial charge is 0.268 e. The fourth-order valence-electron chi connectivity index (χ4n) is 9.64. The summed E-state index contributed by atoms with van der Waals surface area (Å²) in [7, 11) is 0. The van der Waals surface area contributed by atoms with Crippen LogP contribution in [0, 0.1) is 0 Å². The Bertz CT molecular complexity index is 3250. The van der Waals surface area contributed by atoms with E-state index in [0.717, 1.165) is 71.1 Å². The number of hydrogen-bond donors (Lipinski definition) is 6. The van der Waals surface area contributed by atoms with E-state index in [1.807, 2.05) is 103 Å². The molecule has 2 fully saturated rings. The topological polar surface area (TPSA) is 226 Å². The maximum absolute atomic E-state index is 13.1. The predicted octanol–water partition coefficient (Wildman–Crippen LogP) is 8.87. The van der Waals surface area contributed by atoms with Gasteiger partial charge in [-0.25, -0.2) is 0 Å². The minimum absolute atomic E-state index is 0.0312. The van der Waals surface area contributed by atoms with Crippen LogP contribution in [0.2, 0.25) is 0 Å². The van der Waals surface area contributed by atoms with Gasteiger partial charge in [-0.3, -0.25) is 28.8 Å². The van der Waals surface area contributed by atoms with Gasteiger partial charge in [0.15, 0.2) is 11.6 Å². The Labute approximate surface area is 415 Å². The number of anilines is 4. The molecular weight excluding hydrogens is 916 g/mol. The summed E-state index contributed by atoms with van der Waals surface area (Å²) < 4.78 is 4.33. The largest absolute Gasteiger partial charge is 0.398 e. The Hall–Kier alpha value is -8.23. The van der Waals surface area contributed by atoms with Crippen LogP contribution in [0.15, 0.2) is 147 Å². The Morgan fingerprint density at radius 1 is 0.592 bits per heavy atom. The lowest BCUT2D eigenvalue weighted by molar-refractivity contribution is -0.112. The fraction of sp³-hybridized carbons (Fsp3) is 0.214. The number of carbonyl (C=O) groups is 6. The lowest BCUT2D eigenvalue weighted by Gasteiger charge is -2.47. The van der Waals surface area contributed by atoms with Crippen molar-refractivity contribution in [1.29, 1.82) is 0 Å². The molecule has 2 aromatic heterocycles. The number of aromatic nitrogens is 2. The molecule has 0 atom stereocenters. The lowest BCUT2D eigenvalue weighted by atomic mass is 9.75. The Balaban J connectivity index is 0.000000153. The van der Waals surface area contributed by atoms with Crippen LogP contribution >= 0.6 is 11.6 Å². The summed E-state index contributed by atoms with van der Waals surface area (Å²) in [5, 5.41) is 10.3. The van der Waals surface area contributed by atoms with Crippen LogP contribution in [0.25, 0.3) is 21.8 Å². The minimum atomic E-state index is -0.509. The number of amides is 3. The Kier molecular flexibility index (Phi) is 14.4. The van der Waals surface area contributed by atoms with Gasteiger partial charge < -0.3 is 42.3 Å². The van der Waals surface area contributed by atoms with Crippen molar-refractivity contribution >= 4 is 90.7 Å². The first-order valence-corrected chi connectivity index (χ1v) is 23.7. The Morgan fingerprint density at radius 3 is 1.42 bits per heavy atom. The summed E-state index contributed by atoms with van der Waals surface area (Å²) >= 11 is 4.71. The second kappa shape index (κ2) is 20.8. The number of fused-ring (bicyclic) bond motifs is 8. The first-order chi connectivity index (χ1) is 34.2. The number of allylic oxidation sites excluding steroid dienone is 1. The second-order valence-corrected chi connectivity index (χ2v) is 18.6. The van der Waals surface area contributed by atoms with E-state index in [4.69, 9.17) is 28.8 Å². The number of halogens is 1. The molecule has 2 aliphatic heterocycles. The van der Waals surface area contributed by atoms with E-state index in [-0.39, 0.29) is 53.2 Å². The van der Waals surface area contributed by atoms with E-state index in [9.17, 15) is 28.8 Å². The van der Waals surface area contributed by atoms with E-state index < -0.39 is 5.24 Å². The predicted molar refractivity (Wildman–Crippen MR) is 281 cm³/mol. The SMILES string of the molecule is C=CC(=O)Cl.C=CC(=O)Nc1ccccc1CC(=O)c1ccc2cc3n(c2c1)C1(CCC1)CNC3=O.Nc1ccccc1CC(=O)c1ccc2cc3n(c2c1)C1(CCC1)CNC3=O.Nc1ccccc1N. The molecule has 4 heterocycles. The molecule has 0 saturated heterocycles. The maximum Gasteiger partial charge on any atom is 0.268 e. The number of nitrogens with zero attached hydrogens (tertiary/aromatic N) is 2. The number of ketones is 2. The second-order valence-electron chi connectivity index (χ2n) is 18.2. The van der Waals surface area contributed by atoms with Gasteiger partial charge in [0.1, 0.15) is 11.4 Å². The van der Waals surface area contributed by atoms with Crippen molar-refractivity contribution in [2.45, 2.75) is 62.4 Å². The number of nitrogens with two attached hydrogens (primary N) is 3. The molecule has 0 radical (unpaired) electrons. The van der Waals surface area contributed by atoms with E-state index in [1.54, 1.807) is 18.2 Å². The molecule has 0 unspecified atom stereocenters. The number of carbonyl (C=O) groups excluding carboxylic acids is 6. The molecule has 71 heavy (non-hydrogen) atoms. The highest BCUT2D eigenvalue weighted by Gasteiger charge is 2.46. The summed E-state index contributed by atoms with van der Waals surface area (Å²) in [6, 6.07) is 37.2. The summed E-state index contributed by atoms with van der Waals surface area (Å²) in [6.45, 7) is 7.86. The van der Waals surface area contributed by atoms with E-state index in [2.05, 4.69) is 38.2 Å². The number of hydrogen-bond acceptors (Lipinski definition) is 9. The zero-order valence-corrected chi connectivity index (χ0v) is 39.9. The van der Waals surface area contributed by atoms with Crippen LogP contribution in [0.3, 0.4) is 0 Å². The highest BCUT2D eigenvalue weighted by Crippen LogP contribution is 2.45. The average Bonchev–Trinajstić information content (AvgIpc) is 3.94. The van der Waals surface area contributed by atoms with Gasteiger partial charge in [-0.15, -0.1) is 0 Å². The van der Waals surface area contributed by atoms with Crippen molar-refractivity contribution in [3.63, 3.8) is 0 Å². The molecule has 0 bridgehead atoms. The maximum atomic E-state index is 13.1. The van der Waals surface area contributed by atoms with Gasteiger partial charge in [0.25, 0.3) is 11.8 Å². The molecular formula is C56H55ClN8O6. The first-order valence-electron chi connectivity index (χ1n) is 23.4. The molecule has 15 heteroatoms. The molecule has 14 nitrogen and oxygen atoms in total. The molecule has 2 saturated carbocycles. The van der Waals surface area contributed by atoms with Crippen molar-refractivity contribution in [3.05, 3.63) is 180 Å². The number of rotatable bonds is 9. The molecule has 9 N–H and O–H groups in total. The van der Waals surface area contributed by atoms with Crippen LogP contribution in [0.4, 0.5) is 22.7 Å². The number of para-hydroxylation sites is 4. The average molecular weight is 972 g/mol. The number of nitrogen functional groups attached to an aromatic ring is 3. The third-order valence-corrected chi connectivity index (χ3v) is 13.9.